The van der Waals surface area contributed by atoms with Crippen molar-refractivity contribution in [1.82, 2.24) is 5.32 Å². The van der Waals surface area contributed by atoms with E-state index in [2.05, 4.69) is 53.5 Å². The van der Waals surface area contributed by atoms with Crippen molar-refractivity contribution in [3.05, 3.63) is 20.8 Å². The number of nitrogens with one attached hydrogen (secondary N) is 1. The quantitative estimate of drug-likeness (QED) is 0.784. The second kappa shape index (κ2) is 6.47. The van der Waals surface area contributed by atoms with Gasteiger partial charge in [-0.2, -0.15) is 0 Å². The summed E-state index contributed by atoms with van der Waals surface area (Å²) in [7, 11) is 1.88. The molecule has 0 aliphatic heterocycles. The largest absolute Gasteiger partial charge is 0.376 e. The standard InChI is InChI=1S/C16H26BrNOS/c1-5-18-14(13-12(17)6-11-20-13)16(19-4)9-7-15(2,3)8-10-16/h6,11,14,18H,5,7-10H2,1-4H3. The molecule has 114 valence electrons. The second-order valence-corrected chi connectivity index (χ2v) is 8.36. The molecule has 1 fully saturated rings. The van der Waals surface area contributed by atoms with E-state index in [0.29, 0.717) is 5.41 Å². The van der Waals surface area contributed by atoms with E-state index in [1.54, 1.807) is 0 Å². The highest BCUT2D eigenvalue weighted by Crippen LogP contribution is 2.49. The predicted molar refractivity (Wildman–Crippen MR) is 90.4 cm³/mol. The first-order valence-electron chi connectivity index (χ1n) is 7.45. The van der Waals surface area contributed by atoms with Gasteiger partial charge in [0.1, 0.15) is 0 Å². The lowest BCUT2D eigenvalue weighted by Crippen LogP contribution is -2.49. The van der Waals surface area contributed by atoms with Gasteiger partial charge in [-0.3, -0.25) is 0 Å². The van der Waals surface area contributed by atoms with Crippen molar-refractivity contribution in [2.45, 2.75) is 58.1 Å². The van der Waals surface area contributed by atoms with Crippen molar-refractivity contribution >= 4 is 27.3 Å². The average Bonchev–Trinajstić information content (AvgIpc) is 2.83. The molecule has 1 heterocycles. The molecule has 0 radical (unpaired) electrons. The van der Waals surface area contributed by atoms with Crippen molar-refractivity contribution in [1.29, 1.82) is 0 Å². The highest BCUT2D eigenvalue weighted by Gasteiger charge is 2.45. The fraction of sp³-hybridized carbons (Fsp3) is 0.750. The molecule has 1 aliphatic rings. The average molecular weight is 360 g/mol. The van der Waals surface area contributed by atoms with Crippen LogP contribution in [0.4, 0.5) is 0 Å². The minimum absolute atomic E-state index is 0.0705. The van der Waals surface area contributed by atoms with Gasteiger partial charge in [0.25, 0.3) is 0 Å². The zero-order chi connectivity index (χ0) is 14.8. The molecule has 2 rings (SSSR count). The Hall–Kier alpha value is 0.1000. The maximum Gasteiger partial charge on any atom is 0.0881 e. The summed E-state index contributed by atoms with van der Waals surface area (Å²) in [6.07, 6.45) is 4.70. The van der Waals surface area contributed by atoms with Crippen LogP contribution in [0.15, 0.2) is 15.9 Å². The Morgan fingerprint density at radius 3 is 2.45 bits per heavy atom. The van der Waals surface area contributed by atoms with E-state index in [1.165, 1.54) is 22.2 Å². The zero-order valence-electron chi connectivity index (χ0n) is 13.0. The molecule has 0 spiro atoms. The Morgan fingerprint density at radius 1 is 1.35 bits per heavy atom. The molecular formula is C16H26BrNOS. The van der Waals surface area contributed by atoms with Crippen LogP contribution in [0.3, 0.4) is 0 Å². The molecule has 0 saturated heterocycles. The molecule has 0 aromatic carbocycles. The highest BCUT2D eigenvalue weighted by molar-refractivity contribution is 9.10. The molecule has 20 heavy (non-hydrogen) atoms. The number of halogens is 1. The van der Waals surface area contributed by atoms with E-state index >= 15 is 0 Å². The van der Waals surface area contributed by atoms with Crippen LogP contribution in [0.2, 0.25) is 0 Å². The number of methoxy groups -OCH3 is 1. The molecule has 0 bridgehead atoms. The fourth-order valence-corrected chi connectivity index (χ4v) is 4.98. The molecule has 1 N–H and O–H groups in total. The molecule has 1 aromatic heterocycles. The molecule has 4 heteroatoms. The van der Waals surface area contributed by atoms with Crippen molar-refractivity contribution < 1.29 is 4.74 Å². The summed E-state index contributed by atoms with van der Waals surface area (Å²) < 4.78 is 7.29. The molecule has 0 amide bonds. The van der Waals surface area contributed by atoms with Gasteiger partial charge in [-0.25, -0.2) is 0 Å². The minimum Gasteiger partial charge on any atom is -0.376 e. The molecular weight excluding hydrogens is 334 g/mol. The normalized spacial score (nSPS) is 22.6. The van der Waals surface area contributed by atoms with Gasteiger partial charge < -0.3 is 10.1 Å². The molecule has 1 aromatic rings. The van der Waals surface area contributed by atoms with Crippen LogP contribution in [0, 0.1) is 5.41 Å². The van der Waals surface area contributed by atoms with E-state index in [9.17, 15) is 0 Å². The van der Waals surface area contributed by atoms with Gasteiger partial charge >= 0.3 is 0 Å². The number of rotatable bonds is 5. The van der Waals surface area contributed by atoms with Gasteiger partial charge in [0, 0.05) is 16.5 Å². The first-order chi connectivity index (χ1) is 9.44. The molecule has 1 atom stereocenters. The second-order valence-electron chi connectivity index (χ2n) is 6.56. The number of hydrogen-bond donors (Lipinski definition) is 1. The van der Waals surface area contributed by atoms with E-state index in [4.69, 9.17) is 4.74 Å². The van der Waals surface area contributed by atoms with E-state index in [1.807, 2.05) is 18.4 Å². The highest BCUT2D eigenvalue weighted by atomic mass is 79.9. The number of hydrogen-bond acceptors (Lipinski definition) is 3. The van der Waals surface area contributed by atoms with Crippen LogP contribution < -0.4 is 5.32 Å². The third kappa shape index (κ3) is 3.29. The lowest BCUT2D eigenvalue weighted by atomic mass is 9.68. The van der Waals surface area contributed by atoms with Crippen LogP contribution in [0.25, 0.3) is 0 Å². The maximum atomic E-state index is 6.09. The van der Waals surface area contributed by atoms with Crippen molar-refractivity contribution in [3.8, 4) is 0 Å². The SMILES string of the molecule is CCNC(c1sccc1Br)C1(OC)CCC(C)(C)CC1. The summed E-state index contributed by atoms with van der Waals surface area (Å²) in [6.45, 7) is 7.87. The summed E-state index contributed by atoms with van der Waals surface area (Å²) in [4.78, 5) is 1.37. The third-order valence-electron chi connectivity index (χ3n) is 4.70. The smallest absolute Gasteiger partial charge is 0.0881 e. The summed E-state index contributed by atoms with van der Waals surface area (Å²) in [5, 5.41) is 5.82. The monoisotopic (exact) mass is 359 g/mol. The topological polar surface area (TPSA) is 21.3 Å². The molecule has 1 unspecified atom stereocenters. The van der Waals surface area contributed by atoms with E-state index in [0.717, 1.165) is 19.4 Å². The Morgan fingerprint density at radius 2 is 2.00 bits per heavy atom. The maximum absolute atomic E-state index is 6.09. The predicted octanol–water partition coefficient (Wildman–Crippen LogP) is 5.15. The van der Waals surface area contributed by atoms with Gasteiger partial charge in [0.15, 0.2) is 0 Å². The summed E-state index contributed by atoms with van der Waals surface area (Å²) >= 11 is 5.51. The summed E-state index contributed by atoms with van der Waals surface area (Å²) in [5.74, 6) is 0. The summed E-state index contributed by atoms with van der Waals surface area (Å²) in [6, 6.07) is 2.42. The first-order valence-corrected chi connectivity index (χ1v) is 9.13. The minimum atomic E-state index is -0.0705. The van der Waals surface area contributed by atoms with Crippen LogP contribution in [-0.4, -0.2) is 19.3 Å². The molecule has 1 aliphatic carbocycles. The Kier molecular flexibility index (Phi) is 5.33. The first kappa shape index (κ1) is 16.5. The van der Waals surface area contributed by atoms with Crippen molar-refractivity contribution in [2.24, 2.45) is 5.41 Å². The fourth-order valence-electron chi connectivity index (χ4n) is 3.19. The van der Waals surface area contributed by atoms with Crippen LogP contribution in [-0.2, 0) is 4.74 Å². The Balaban J connectivity index is 2.29. The number of likely N-dealkylation sites (N-methyl/N-ethyl adjacent to an activating group) is 1. The Bertz CT molecular complexity index is 433. The lowest BCUT2D eigenvalue weighted by Gasteiger charge is -2.47. The third-order valence-corrected chi connectivity index (χ3v) is 6.63. The van der Waals surface area contributed by atoms with Crippen LogP contribution in [0.5, 0.6) is 0 Å². The summed E-state index contributed by atoms with van der Waals surface area (Å²) in [5.41, 5.74) is 0.379. The molecule has 1 saturated carbocycles. The van der Waals surface area contributed by atoms with Crippen molar-refractivity contribution in [3.63, 3.8) is 0 Å². The number of thiophene rings is 1. The van der Waals surface area contributed by atoms with Crippen molar-refractivity contribution in [2.75, 3.05) is 13.7 Å². The lowest BCUT2D eigenvalue weighted by molar-refractivity contribution is -0.0867. The molecule has 2 nitrogen and oxygen atoms in total. The van der Waals surface area contributed by atoms with E-state index in [-0.39, 0.29) is 11.6 Å². The van der Waals surface area contributed by atoms with Gasteiger partial charge in [-0.15, -0.1) is 11.3 Å². The van der Waals surface area contributed by atoms with Gasteiger partial charge in [0.2, 0.25) is 0 Å². The van der Waals surface area contributed by atoms with E-state index < -0.39 is 0 Å². The Labute approximate surface area is 135 Å². The van der Waals surface area contributed by atoms with Gasteiger partial charge in [-0.05, 0) is 65.0 Å². The number of ether oxygens (including phenoxy) is 1. The van der Waals surface area contributed by atoms with Gasteiger partial charge in [0.05, 0.1) is 11.6 Å². The van der Waals surface area contributed by atoms with Crippen LogP contribution >= 0.6 is 27.3 Å². The zero-order valence-corrected chi connectivity index (χ0v) is 15.4. The van der Waals surface area contributed by atoms with Crippen LogP contribution in [0.1, 0.15) is 57.4 Å². The van der Waals surface area contributed by atoms with Gasteiger partial charge in [-0.1, -0.05) is 20.8 Å².